The van der Waals surface area contributed by atoms with Crippen molar-refractivity contribution in [2.45, 2.75) is 32.6 Å². The van der Waals surface area contributed by atoms with Crippen LogP contribution in [-0.2, 0) is 0 Å². The fourth-order valence-corrected chi connectivity index (χ4v) is 2.00. The van der Waals surface area contributed by atoms with Crippen molar-refractivity contribution in [1.29, 1.82) is 0 Å². The zero-order valence-electron chi connectivity index (χ0n) is 8.26. The molecule has 1 saturated heterocycles. The Labute approximate surface area is 78.5 Å². The summed E-state index contributed by atoms with van der Waals surface area (Å²) in [6, 6.07) is 0. The van der Waals surface area contributed by atoms with Gasteiger partial charge in [-0.2, -0.15) is 0 Å². The van der Waals surface area contributed by atoms with E-state index in [9.17, 15) is 0 Å². The van der Waals surface area contributed by atoms with Gasteiger partial charge in [0.15, 0.2) is 5.89 Å². The first kappa shape index (κ1) is 8.75. The van der Waals surface area contributed by atoms with Crippen molar-refractivity contribution < 1.29 is 4.42 Å². The van der Waals surface area contributed by atoms with Gasteiger partial charge in [0, 0.05) is 19.4 Å². The molecule has 1 aliphatic heterocycles. The van der Waals surface area contributed by atoms with Gasteiger partial charge < -0.3 is 9.73 Å². The Morgan fingerprint density at radius 3 is 2.85 bits per heavy atom. The van der Waals surface area contributed by atoms with Crippen molar-refractivity contribution in [2.75, 3.05) is 13.1 Å². The first-order valence-corrected chi connectivity index (χ1v) is 4.92. The minimum absolute atomic E-state index is 0.537. The Kier molecular flexibility index (Phi) is 2.36. The molecular weight excluding hydrogens is 164 g/mol. The van der Waals surface area contributed by atoms with E-state index in [1.54, 1.807) is 0 Å². The summed E-state index contributed by atoms with van der Waals surface area (Å²) in [5.41, 5.74) is 1.06. The summed E-state index contributed by atoms with van der Waals surface area (Å²) in [6.45, 7) is 6.12. The van der Waals surface area contributed by atoms with Crippen LogP contribution in [0.2, 0.25) is 0 Å². The second-order valence-corrected chi connectivity index (χ2v) is 3.73. The van der Waals surface area contributed by atoms with Gasteiger partial charge in [0.1, 0.15) is 5.76 Å². The van der Waals surface area contributed by atoms with Gasteiger partial charge in [0.2, 0.25) is 0 Å². The van der Waals surface area contributed by atoms with Crippen LogP contribution in [0.15, 0.2) is 4.42 Å². The standard InChI is InChI=1S/C10H16N2O/c1-7-10(13-8(2)12-7)9-4-3-5-11-6-9/h9,11H,3-6H2,1-2H3. The topological polar surface area (TPSA) is 38.1 Å². The summed E-state index contributed by atoms with van der Waals surface area (Å²) in [5.74, 6) is 2.41. The van der Waals surface area contributed by atoms with Gasteiger partial charge in [-0.25, -0.2) is 4.98 Å². The Balaban J connectivity index is 2.18. The summed E-state index contributed by atoms with van der Waals surface area (Å²) < 4.78 is 5.60. The summed E-state index contributed by atoms with van der Waals surface area (Å²) in [6.07, 6.45) is 2.46. The normalized spacial score (nSPS) is 23.4. The summed E-state index contributed by atoms with van der Waals surface area (Å²) in [5, 5.41) is 3.38. The van der Waals surface area contributed by atoms with Gasteiger partial charge in [0.05, 0.1) is 5.69 Å². The predicted molar refractivity (Wildman–Crippen MR) is 50.8 cm³/mol. The molecule has 1 atom stereocenters. The monoisotopic (exact) mass is 180 g/mol. The maximum atomic E-state index is 5.60. The van der Waals surface area contributed by atoms with Crippen LogP contribution in [0.5, 0.6) is 0 Å². The number of nitrogens with one attached hydrogen (secondary N) is 1. The number of oxazole rings is 1. The molecule has 0 radical (unpaired) electrons. The third-order valence-electron chi connectivity index (χ3n) is 2.61. The summed E-state index contributed by atoms with van der Waals surface area (Å²) in [4.78, 5) is 4.29. The number of aromatic nitrogens is 1. The maximum Gasteiger partial charge on any atom is 0.191 e. The van der Waals surface area contributed by atoms with Crippen molar-refractivity contribution in [3.8, 4) is 0 Å². The first-order chi connectivity index (χ1) is 6.27. The van der Waals surface area contributed by atoms with Crippen LogP contribution >= 0.6 is 0 Å². The molecule has 1 N–H and O–H groups in total. The predicted octanol–water partition coefficient (Wildman–Crippen LogP) is 1.76. The zero-order valence-corrected chi connectivity index (χ0v) is 8.26. The van der Waals surface area contributed by atoms with Crippen LogP contribution in [0, 0.1) is 13.8 Å². The second-order valence-electron chi connectivity index (χ2n) is 3.73. The molecule has 3 nitrogen and oxygen atoms in total. The number of rotatable bonds is 1. The number of hydrogen-bond acceptors (Lipinski definition) is 3. The van der Waals surface area contributed by atoms with Crippen molar-refractivity contribution in [2.24, 2.45) is 0 Å². The van der Waals surface area contributed by atoms with E-state index in [0.717, 1.165) is 30.4 Å². The molecule has 1 aliphatic rings. The zero-order chi connectivity index (χ0) is 9.26. The lowest BCUT2D eigenvalue weighted by Gasteiger charge is -2.20. The van der Waals surface area contributed by atoms with Crippen LogP contribution < -0.4 is 5.32 Å². The SMILES string of the molecule is Cc1nc(C)c(C2CCCNC2)o1. The molecule has 0 amide bonds. The highest BCUT2D eigenvalue weighted by molar-refractivity contribution is 5.14. The van der Waals surface area contributed by atoms with Crippen LogP contribution in [0.1, 0.15) is 36.1 Å². The molecule has 0 aliphatic carbocycles. The molecule has 3 heteroatoms. The Bertz CT molecular complexity index is 287. The number of nitrogens with zero attached hydrogens (tertiary/aromatic N) is 1. The van der Waals surface area contributed by atoms with Crippen LogP contribution in [0.3, 0.4) is 0 Å². The van der Waals surface area contributed by atoms with Crippen molar-refractivity contribution >= 4 is 0 Å². The molecule has 13 heavy (non-hydrogen) atoms. The van der Waals surface area contributed by atoms with Crippen molar-refractivity contribution in [1.82, 2.24) is 10.3 Å². The highest BCUT2D eigenvalue weighted by atomic mass is 16.4. The number of hydrogen-bond donors (Lipinski definition) is 1. The molecule has 1 aromatic heterocycles. The van der Waals surface area contributed by atoms with E-state index in [0.29, 0.717) is 5.92 Å². The Morgan fingerprint density at radius 2 is 2.31 bits per heavy atom. The average Bonchev–Trinajstić information content (AvgIpc) is 2.47. The van der Waals surface area contributed by atoms with E-state index in [2.05, 4.69) is 10.3 Å². The molecule has 1 fully saturated rings. The smallest absolute Gasteiger partial charge is 0.191 e. The number of aryl methyl sites for hydroxylation is 2. The lowest BCUT2D eigenvalue weighted by Crippen LogP contribution is -2.28. The summed E-state index contributed by atoms with van der Waals surface area (Å²) >= 11 is 0. The summed E-state index contributed by atoms with van der Waals surface area (Å²) in [7, 11) is 0. The molecule has 0 saturated carbocycles. The molecule has 0 aromatic carbocycles. The molecule has 0 spiro atoms. The lowest BCUT2D eigenvalue weighted by molar-refractivity contribution is 0.376. The van der Waals surface area contributed by atoms with E-state index in [-0.39, 0.29) is 0 Å². The largest absolute Gasteiger partial charge is 0.445 e. The average molecular weight is 180 g/mol. The number of piperidine rings is 1. The van der Waals surface area contributed by atoms with Gasteiger partial charge in [-0.15, -0.1) is 0 Å². The fourth-order valence-electron chi connectivity index (χ4n) is 2.00. The quantitative estimate of drug-likeness (QED) is 0.715. The van der Waals surface area contributed by atoms with Crippen LogP contribution in [0.4, 0.5) is 0 Å². The van der Waals surface area contributed by atoms with E-state index >= 15 is 0 Å². The van der Waals surface area contributed by atoms with Gasteiger partial charge in [-0.3, -0.25) is 0 Å². The van der Waals surface area contributed by atoms with Crippen LogP contribution in [-0.4, -0.2) is 18.1 Å². The molecule has 1 aromatic rings. The highest BCUT2D eigenvalue weighted by Gasteiger charge is 2.21. The molecule has 1 unspecified atom stereocenters. The molecule has 0 bridgehead atoms. The second kappa shape index (κ2) is 3.50. The van der Waals surface area contributed by atoms with Crippen molar-refractivity contribution in [3.63, 3.8) is 0 Å². The van der Waals surface area contributed by atoms with Crippen molar-refractivity contribution in [3.05, 3.63) is 17.3 Å². The maximum absolute atomic E-state index is 5.60. The first-order valence-electron chi connectivity index (χ1n) is 4.92. The van der Waals surface area contributed by atoms with E-state index in [1.165, 1.54) is 12.8 Å². The molecule has 2 heterocycles. The molecule has 2 rings (SSSR count). The fraction of sp³-hybridized carbons (Fsp3) is 0.700. The lowest BCUT2D eigenvalue weighted by atomic mass is 9.96. The van der Waals surface area contributed by atoms with E-state index in [4.69, 9.17) is 4.42 Å². The van der Waals surface area contributed by atoms with Gasteiger partial charge in [-0.1, -0.05) is 0 Å². The van der Waals surface area contributed by atoms with Crippen LogP contribution in [0.25, 0.3) is 0 Å². The van der Waals surface area contributed by atoms with E-state index in [1.807, 2.05) is 13.8 Å². The third-order valence-corrected chi connectivity index (χ3v) is 2.61. The highest BCUT2D eigenvalue weighted by Crippen LogP contribution is 2.26. The van der Waals surface area contributed by atoms with Gasteiger partial charge in [0.25, 0.3) is 0 Å². The van der Waals surface area contributed by atoms with E-state index < -0.39 is 0 Å². The minimum Gasteiger partial charge on any atom is -0.445 e. The van der Waals surface area contributed by atoms with Gasteiger partial charge in [-0.05, 0) is 26.3 Å². The third kappa shape index (κ3) is 1.75. The Hall–Kier alpha value is -0.830. The Morgan fingerprint density at radius 1 is 1.46 bits per heavy atom. The molecular formula is C10H16N2O. The van der Waals surface area contributed by atoms with Gasteiger partial charge >= 0.3 is 0 Å². The molecule has 72 valence electrons. The minimum atomic E-state index is 0.537.